The van der Waals surface area contributed by atoms with E-state index < -0.39 is 5.97 Å². The van der Waals surface area contributed by atoms with Crippen LogP contribution in [0.4, 0.5) is 0 Å². The molecule has 1 saturated heterocycles. The molecular weight excluding hydrogens is 216 g/mol. The highest BCUT2D eigenvalue weighted by atomic mass is 16.4. The van der Waals surface area contributed by atoms with Gasteiger partial charge in [-0.25, -0.2) is 0 Å². The fourth-order valence-electron chi connectivity index (χ4n) is 2.73. The maximum Gasteiger partial charge on any atom is 0.320 e. The number of carboxylic acid groups (broad SMARTS) is 1. The average molecular weight is 240 g/mol. The number of hydrogen-bond acceptors (Lipinski definition) is 3. The number of likely N-dealkylation sites (tertiary alicyclic amines) is 1. The number of carbonyl (C=O) groups is 1. The molecule has 0 spiro atoms. The fraction of sp³-hybridized carbons (Fsp3) is 0.923. The predicted octanol–water partition coefficient (Wildman–Crippen LogP) is 1.31. The Balaban J connectivity index is 1.74. The Morgan fingerprint density at radius 3 is 2.53 bits per heavy atom. The second-order valence-corrected chi connectivity index (χ2v) is 5.58. The van der Waals surface area contributed by atoms with Crippen LogP contribution in [-0.2, 0) is 4.79 Å². The van der Waals surface area contributed by atoms with Crippen molar-refractivity contribution in [1.29, 1.82) is 0 Å². The molecule has 0 aromatic heterocycles. The lowest BCUT2D eigenvalue weighted by Crippen LogP contribution is -2.49. The van der Waals surface area contributed by atoms with Gasteiger partial charge in [0.15, 0.2) is 0 Å². The zero-order valence-electron chi connectivity index (χ0n) is 10.7. The van der Waals surface area contributed by atoms with E-state index in [4.69, 9.17) is 5.11 Å². The average Bonchev–Trinajstić information content (AvgIpc) is 3.11. The van der Waals surface area contributed by atoms with Gasteiger partial charge in [-0.1, -0.05) is 6.42 Å². The van der Waals surface area contributed by atoms with E-state index in [2.05, 4.69) is 17.1 Å². The van der Waals surface area contributed by atoms with Crippen LogP contribution in [0, 0.1) is 5.92 Å². The van der Waals surface area contributed by atoms with Crippen molar-refractivity contribution in [1.82, 2.24) is 10.2 Å². The van der Waals surface area contributed by atoms with E-state index in [0.717, 1.165) is 19.4 Å². The summed E-state index contributed by atoms with van der Waals surface area (Å²) in [5.74, 6) is -0.311. The van der Waals surface area contributed by atoms with Gasteiger partial charge in [0.1, 0.15) is 6.04 Å². The van der Waals surface area contributed by atoms with Gasteiger partial charge in [0.2, 0.25) is 0 Å². The molecule has 1 aliphatic carbocycles. The van der Waals surface area contributed by atoms with Crippen molar-refractivity contribution in [3.05, 3.63) is 0 Å². The molecule has 2 atom stereocenters. The zero-order chi connectivity index (χ0) is 12.3. The third-order valence-corrected chi connectivity index (χ3v) is 3.80. The molecule has 2 rings (SSSR count). The van der Waals surface area contributed by atoms with Gasteiger partial charge in [-0.15, -0.1) is 0 Å². The van der Waals surface area contributed by atoms with E-state index in [1.165, 1.54) is 32.4 Å². The standard InChI is InChI=1S/C13H24N2O2/c1-10(9-15-7-3-2-4-8-15)14-12(13(16)17)11-5-6-11/h10-12,14H,2-9H2,1H3,(H,16,17). The highest BCUT2D eigenvalue weighted by Gasteiger charge is 2.36. The molecule has 98 valence electrons. The molecule has 17 heavy (non-hydrogen) atoms. The van der Waals surface area contributed by atoms with Crippen LogP contribution in [0.15, 0.2) is 0 Å². The molecule has 2 unspecified atom stereocenters. The lowest BCUT2D eigenvalue weighted by atomic mass is 10.1. The van der Waals surface area contributed by atoms with Gasteiger partial charge in [-0.05, 0) is 51.6 Å². The van der Waals surface area contributed by atoms with Gasteiger partial charge in [-0.2, -0.15) is 0 Å². The van der Waals surface area contributed by atoms with Crippen molar-refractivity contribution < 1.29 is 9.90 Å². The Labute approximate surface area is 103 Å². The molecule has 0 radical (unpaired) electrons. The Bertz CT molecular complexity index is 260. The van der Waals surface area contributed by atoms with E-state index in [9.17, 15) is 4.79 Å². The summed E-state index contributed by atoms with van der Waals surface area (Å²) in [6, 6.07) is -0.0513. The van der Waals surface area contributed by atoms with Crippen LogP contribution in [0.3, 0.4) is 0 Å². The number of nitrogens with zero attached hydrogens (tertiary/aromatic N) is 1. The van der Waals surface area contributed by atoms with Crippen LogP contribution in [-0.4, -0.2) is 47.7 Å². The Kier molecular flexibility index (Phi) is 4.40. The van der Waals surface area contributed by atoms with E-state index >= 15 is 0 Å². The van der Waals surface area contributed by atoms with E-state index in [1.807, 2.05) is 0 Å². The normalized spacial score (nSPS) is 25.5. The van der Waals surface area contributed by atoms with Crippen LogP contribution < -0.4 is 5.32 Å². The third-order valence-electron chi connectivity index (χ3n) is 3.80. The lowest BCUT2D eigenvalue weighted by Gasteiger charge is -2.30. The molecule has 1 saturated carbocycles. The minimum absolute atomic E-state index is 0.273. The summed E-state index contributed by atoms with van der Waals surface area (Å²) in [6.45, 7) is 5.43. The molecule has 0 aromatic carbocycles. The summed E-state index contributed by atoms with van der Waals surface area (Å²) in [7, 11) is 0. The van der Waals surface area contributed by atoms with Crippen molar-refractivity contribution in [3.63, 3.8) is 0 Å². The van der Waals surface area contributed by atoms with Gasteiger partial charge in [0, 0.05) is 12.6 Å². The van der Waals surface area contributed by atoms with Crippen LogP contribution in [0.5, 0.6) is 0 Å². The Hall–Kier alpha value is -0.610. The number of hydrogen-bond donors (Lipinski definition) is 2. The maximum atomic E-state index is 11.1. The molecular formula is C13H24N2O2. The van der Waals surface area contributed by atoms with Crippen LogP contribution in [0.1, 0.15) is 39.0 Å². The minimum Gasteiger partial charge on any atom is -0.480 e. The van der Waals surface area contributed by atoms with Crippen molar-refractivity contribution in [2.24, 2.45) is 5.92 Å². The number of aliphatic carboxylic acids is 1. The molecule has 2 N–H and O–H groups in total. The predicted molar refractivity (Wildman–Crippen MR) is 67.0 cm³/mol. The minimum atomic E-state index is -0.682. The molecule has 1 heterocycles. The summed E-state index contributed by atoms with van der Waals surface area (Å²) in [5, 5.41) is 12.4. The van der Waals surface area contributed by atoms with E-state index in [-0.39, 0.29) is 12.1 Å². The molecule has 2 fully saturated rings. The van der Waals surface area contributed by atoms with Crippen molar-refractivity contribution in [2.75, 3.05) is 19.6 Å². The van der Waals surface area contributed by atoms with Crippen LogP contribution >= 0.6 is 0 Å². The molecule has 4 heteroatoms. The summed E-state index contributed by atoms with van der Waals surface area (Å²) >= 11 is 0. The first-order valence-corrected chi connectivity index (χ1v) is 6.88. The van der Waals surface area contributed by atoms with E-state index in [1.54, 1.807) is 0 Å². The third kappa shape index (κ3) is 3.96. The zero-order valence-corrected chi connectivity index (χ0v) is 10.7. The van der Waals surface area contributed by atoms with Crippen LogP contribution in [0.2, 0.25) is 0 Å². The topological polar surface area (TPSA) is 52.6 Å². The molecule has 0 aromatic rings. The Morgan fingerprint density at radius 1 is 1.35 bits per heavy atom. The number of piperidine rings is 1. The summed E-state index contributed by atoms with van der Waals surface area (Å²) in [5.41, 5.74) is 0. The first-order valence-electron chi connectivity index (χ1n) is 6.88. The molecule has 0 amide bonds. The molecule has 1 aliphatic heterocycles. The largest absolute Gasteiger partial charge is 0.480 e. The SMILES string of the molecule is CC(CN1CCCCC1)NC(C(=O)O)C1CC1. The number of carboxylic acids is 1. The van der Waals surface area contributed by atoms with Crippen LogP contribution in [0.25, 0.3) is 0 Å². The summed E-state index contributed by atoms with van der Waals surface area (Å²) in [4.78, 5) is 13.6. The highest BCUT2D eigenvalue weighted by molar-refractivity contribution is 5.74. The second kappa shape index (κ2) is 5.83. The van der Waals surface area contributed by atoms with Gasteiger partial charge >= 0.3 is 5.97 Å². The Morgan fingerprint density at radius 2 is 2.00 bits per heavy atom. The van der Waals surface area contributed by atoms with Crippen molar-refractivity contribution in [2.45, 2.75) is 51.1 Å². The van der Waals surface area contributed by atoms with Gasteiger partial charge in [0.25, 0.3) is 0 Å². The number of nitrogens with one attached hydrogen (secondary N) is 1. The molecule has 4 nitrogen and oxygen atoms in total. The van der Waals surface area contributed by atoms with Gasteiger partial charge in [-0.3, -0.25) is 4.79 Å². The lowest BCUT2D eigenvalue weighted by molar-refractivity contribution is -0.140. The van der Waals surface area contributed by atoms with E-state index in [0.29, 0.717) is 5.92 Å². The second-order valence-electron chi connectivity index (χ2n) is 5.58. The maximum absolute atomic E-state index is 11.1. The van der Waals surface area contributed by atoms with Gasteiger partial charge in [0.05, 0.1) is 0 Å². The quantitative estimate of drug-likeness (QED) is 0.735. The highest BCUT2D eigenvalue weighted by Crippen LogP contribution is 2.32. The smallest absolute Gasteiger partial charge is 0.320 e. The fourth-order valence-corrected chi connectivity index (χ4v) is 2.73. The first kappa shape index (κ1) is 12.8. The summed E-state index contributed by atoms with van der Waals surface area (Å²) in [6.07, 6.45) is 6.06. The summed E-state index contributed by atoms with van der Waals surface area (Å²) < 4.78 is 0. The molecule has 2 aliphatic rings. The van der Waals surface area contributed by atoms with Crippen molar-refractivity contribution >= 4 is 5.97 Å². The van der Waals surface area contributed by atoms with Crippen molar-refractivity contribution in [3.8, 4) is 0 Å². The first-order chi connectivity index (χ1) is 8.16. The van der Waals surface area contributed by atoms with Gasteiger partial charge < -0.3 is 15.3 Å². The molecule has 0 bridgehead atoms. The number of rotatable bonds is 6. The monoisotopic (exact) mass is 240 g/mol.